The van der Waals surface area contributed by atoms with Gasteiger partial charge in [-0.3, -0.25) is 4.68 Å². The molecule has 0 aliphatic carbocycles. The zero-order valence-corrected chi connectivity index (χ0v) is 12.0. The van der Waals surface area contributed by atoms with E-state index in [0.717, 1.165) is 13.1 Å². The van der Waals surface area contributed by atoms with Gasteiger partial charge < -0.3 is 5.32 Å². The van der Waals surface area contributed by atoms with Crippen molar-refractivity contribution in [2.75, 3.05) is 0 Å². The number of aromatic nitrogens is 2. The molecule has 1 atom stereocenters. The van der Waals surface area contributed by atoms with E-state index in [1.807, 2.05) is 6.20 Å². The summed E-state index contributed by atoms with van der Waals surface area (Å²) >= 11 is 0. The Kier molecular flexibility index (Phi) is 5.19. The van der Waals surface area contributed by atoms with Gasteiger partial charge in [0.2, 0.25) is 0 Å². The second kappa shape index (κ2) is 6.20. The third-order valence-corrected chi connectivity index (χ3v) is 2.87. The Labute approximate surface area is 106 Å². The van der Waals surface area contributed by atoms with Gasteiger partial charge in [-0.05, 0) is 39.2 Å². The fraction of sp³-hybridized carbons (Fsp3) is 0.786. The maximum absolute atomic E-state index is 4.42. The Morgan fingerprint density at radius 1 is 1.41 bits per heavy atom. The van der Waals surface area contributed by atoms with Crippen LogP contribution in [-0.2, 0) is 13.1 Å². The molecule has 3 nitrogen and oxygen atoms in total. The van der Waals surface area contributed by atoms with Crippen molar-refractivity contribution in [2.45, 2.75) is 66.1 Å². The molecule has 17 heavy (non-hydrogen) atoms. The van der Waals surface area contributed by atoms with E-state index in [1.165, 1.54) is 18.5 Å². The van der Waals surface area contributed by atoms with Crippen LogP contribution in [-0.4, -0.2) is 15.3 Å². The first kappa shape index (κ1) is 14.2. The van der Waals surface area contributed by atoms with E-state index in [9.17, 15) is 0 Å². The van der Waals surface area contributed by atoms with Gasteiger partial charge in [0.25, 0.3) is 0 Å². The average Bonchev–Trinajstić information content (AvgIpc) is 2.61. The molecule has 0 amide bonds. The van der Waals surface area contributed by atoms with Crippen LogP contribution < -0.4 is 5.32 Å². The Bertz CT molecular complexity index is 322. The van der Waals surface area contributed by atoms with Crippen molar-refractivity contribution < 1.29 is 0 Å². The molecule has 1 aromatic heterocycles. The van der Waals surface area contributed by atoms with Crippen molar-refractivity contribution in [3.8, 4) is 0 Å². The summed E-state index contributed by atoms with van der Waals surface area (Å²) in [4.78, 5) is 0. The molecular weight excluding hydrogens is 210 g/mol. The summed E-state index contributed by atoms with van der Waals surface area (Å²) in [6.07, 6.45) is 4.42. The highest BCUT2D eigenvalue weighted by atomic mass is 15.3. The molecule has 1 N–H and O–H groups in total. The van der Waals surface area contributed by atoms with E-state index in [4.69, 9.17) is 0 Å². The van der Waals surface area contributed by atoms with Crippen molar-refractivity contribution in [1.82, 2.24) is 15.1 Å². The fourth-order valence-corrected chi connectivity index (χ4v) is 1.91. The zero-order valence-electron chi connectivity index (χ0n) is 12.0. The second-order valence-electron chi connectivity index (χ2n) is 6.00. The second-order valence-corrected chi connectivity index (χ2v) is 6.00. The number of nitrogens with zero attached hydrogens (tertiary/aromatic N) is 2. The summed E-state index contributed by atoms with van der Waals surface area (Å²) in [7, 11) is 0. The smallest absolute Gasteiger partial charge is 0.0522 e. The summed E-state index contributed by atoms with van der Waals surface area (Å²) in [6, 6.07) is 2.11. The predicted molar refractivity (Wildman–Crippen MR) is 72.9 cm³/mol. The number of nitrogens with one attached hydrogen (secondary N) is 1. The van der Waals surface area contributed by atoms with Crippen LogP contribution in [0.15, 0.2) is 12.3 Å². The van der Waals surface area contributed by atoms with Crippen molar-refractivity contribution in [1.29, 1.82) is 0 Å². The molecule has 3 heteroatoms. The van der Waals surface area contributed by atoms with E-state index in [1.54, 1.807) is 0 Å². The van der Waals surface area contributed by atoms with Crippen LogP contribution in [0.4, 0.5) is 0 Å². The first-order valence-corrected chi connectivity index (χ1v) is 6.68. The van der Waals surface area contributed by atoms with Crippen molar-refractivity contribution in [3.05, 3.63) is 18.0 Å². The Balaban J connectivity index is 2.54. The van der Waals surface area contributed by atoms with E-state index in [0.29, 0.717) is 5.92 Å². The van der Waals surface area contributed by atoms with Crippen LogP contribution in [0.2, 0.25) is 0 Å². The standard InChI is InChI=1S/C14H27N3/c1-6-7-12(2)11-17-13(8-9-16-17)10-15-14(3,4)5/h8-9,12,15H,6-7,10-11H2,1-5H3. The van der Waals surface area contributed by atoms with Gasteiger partial charge in [-0.15, -0.1) is 0 Å². The Morgan fingerprint density at radius 3 is 2.71 bits per heavy atom. The lowest BCUT2D eigenvalue weighted by atomic mass is 10.1. The highest BCUT2D eigenvalue weighted by Crippen LogP contribution is 2.10. The van der Waals surface area contributed by atoms with Gasteiger partial charge in [0.05, 0.1) is 5.69 Å². The Morgan fingerprint density at radius 2 is 2.12 bits per heavy atom. The largest absolute Gasteiger partial charge is 0.306 e. The molecule has 0 aromatic carbocycles. The molecule has 0 aliphatic heterocycles. The maximum Gasteiger partial charge on any atom is 0.0522 e. The van der Waals surface area contributed by atoms with Crippen LogP contribution in [0.3, 0.4) is 0 Å². The van der Waals surface area contributed by atoms with Gasteiger partial charge in [-0.25, -0.2) is 0 Å². The maximum atomic E-state index is 4.42. The van der Waals surface area contributed by atoms with E-state index in [-0.39, 0.29) is 5.54 Å². The summed E-state index contributed by atoms with van der Waals surface area (Å²) in [6.45, 7) is 13.0. The Hall–Kier alpha value is -0.830. The number of hydrogen-bond donors (Lipinski definition) is 1. The minimum atomic E-state index is 0.157. The van der Waals surface area contributed by atoms with Gasteiger partial charge >= 0.3 is 0 Å². The quantitative estimate of drug-likeness (QED) is 0.823. The minimum absolute atomic E-state index is 0.157. The first-order valence-electron chi connectivity index (χ1n) is 6.68. The molecule has 98 valence electrons. The molecule has 0 saturated heterocycles. The lowest BCUT2D eigenvalue weighted by molar-refractivity contribution is 0.384. The summed E-state index contributed by atoms with van der Waals surface area (Å²) < 4.78 is 2.14. The SMILES string of the molecule is CCCC(C)Cn1nccc1CNC(C)(C)C. The molecule has 0 aliphatic rings. The molecule has 0 fully saturated rings. The van der Waals surface area contributed by atoms with Crippen molar-refractivity contribution in [3.63, 3.8) is 0 Å². The highest BCUT2D eigenvalue weighted by Gasteiger charge is 2.11. The average molecular weight is 237 g/mol. The third-order valence-electron chi connectivity index (χ3n) is 2.87. The lowest BCUT2D eigenvalue weighted by Crippen LogP contribution is -2.35. The van der Waals surface area contributed by atoms with Gasteiger partial charge in [-0.2, -0.15) is 5.10 Å². The van der Waals surface area contributed by atoms with Crippen molar-refractivity contribution >= 4 is 0 Å². The van der Waals surface area contributed by atoms with E-state index >= 15 is 0 Å². The molecule has 1 heterocycles. The van der Waals surface area contributed by atoms with Crippen LogP contribution in [0, 0.1) is 5.92 Å². The predicted octanol–water partition coefficient (Wildman–Crippen LogP) is 3.21. The third kappa shape index (κ3) is 5.35. The van der Waals surface area contributed by atoms with E-state index < -0.39 is 0 Å². The van der Waals surface area contributed by atoms with Crippen molar-refractivity contribution in [2.24, 2.45) is 5.92 Å². The molecule has 1 rings (SSSR count). The normalized spacial score (nSPS) is 13.9. The molecule has 0 bridgehead atoms. The molecule has 0 radical (unpaired) electrons. The summed E-state index contributed by atoms with van der Waals surface area (Å²) in [5, 5.41) is 7.92. The van der Waals surface area contributed by atoms with Crippen LogP contribution >= 0.6 is 0 Å². The van der Waals surface area contributed by atoms with Gasteiger partial charge in [-0.1, -0.05) is 20.3 Å². The molecule has 1 unspecified atom stereocenters. The monoisotopic (exact) mass is 237 g/mol. The number of hydrogen-bond acceptors (Lipinski definition) is 2. The van der Waals surface area contributed by atoms with Gasteiger partial charge in [0.15, 0.2) is 0 Å². The molecule has 0 spiro atoms. The van der Waals surface area contributed by atoms with Crippen LogP contribution in [0.1, 0.15) is 53.2 Å². The molecular formula is C14H27N3. The van der Waals surface area contributed by atoms with Gasteiger partial charge in [0.1, 0.15) is 0 Å². The topological polar surface area (TPSA) is 29.9 Å². The molecule has 1 aromatic rings. The fourth-order valence-electron chi connectivity index (χ4n) is 1.91. The lowest BCUT2D eigenvalue weighted by Gasteiger charge is -2.21. The molecule has 0 saturated carbocycles. The van der Waals surface area contributed by atoms with E-state index in [2.05, 4.69) is 55.8 Å². The van der Waals surface area contributed by atoms with Crippen LogP contribution in [0.25, 0.3) is 0 Å². The van der Waals surface area contributed by atoms with Gasteiger partial charge in [0, 0.05) is 24.8 Å². The highest BCUT2D eigenvalue weighted by molar-refractivity contribution is 5.01. The zero-order chi connectivity index (χ0) is 12.9. The minimum Gasteiger partial charge on any atom is -0.306 e. The van der Waals surface area contributed by atoms with Crippen LogP contribution in [0.5, 0.6) is 0 Å². The summed E-state index contributed by atoms with van der Waals surface area (Å²) in [5.74, 6) is 0.702. The number of rotatable bonds is 6. The summed E-state index contributed by atoms with van der Waals surface area (Å²) in [5.41, 5.74) is 1.44. The first-order chi connectivity index (χ1) is 7.92.